The molecule has 0 fully saturated rings. The van der Waals surface area contributed by atoms with Crippen LogP contribution < -0.4 is 4.74 Å². The van der Waals surface area contributed by atoms with Crippen LogP contribution in [-0.4, -0.2) is 11.7 Å². The Morgan fingerprint density at radius 2 is 1.08 bits per heavy atom. The van der Waals surface area contributed by atoms with Crippen molar-refractivity contribution in [3.05, 3.63) is 119 Å². The van der Waals surface area contributed by atoms with Crippen LogP contribution in [0, 0.1) is 13.8 Å². The summed E-state index contributed by atoms with van der Waals surface area (Å²) in [5.74, 6) is 0.873. The van der Waals surface area contributed by atoms with Crippen molar-refractivity contribution < 1.29 is 4.74 Å². The number of hydrogen-bond donors (Lipinski definition) is 0. The fraction of sp³-hybridized carbons (Fsp3) is 0.348. The number of unbranched alkanes of at least 4 members (excludes halogenated alkanes) is 6. The molecule has 0 bridgehead atoms. The minimum Gasteiger partial charge on any atom is -0.497 e. The van der Waals surface area contributed by atoms with Gasteiger partial charge in [-0.3, -0.25) is 0 Å². The van der Waals surface area contributed by atoms with Gasteiger partial charge in [-0.25, -0.2) is 0 Å². The van der Waals surface area contributed by atoms with Crippen molar-refractivity contribution in [2.75, 3.05) is 7.11 Å². The molecule has 0 spiro atoms. The maximum absolute atomic E-state index is 5.47. The minimum atomic E-state index is 0.0831. The van der Waals surface area contributed by atoms with Crippen molar-refractivity contribution in [3.63, 3.8) is 0 Å². The Morgan fingerprint density at radius 1 is 0.542 bits per heavy atom. The first kappa shape index (κ1) is 32.3. The van der Waals surface area contributed by atoms with Gasteiger partial charge in [0.05, 0.1) is 18.1 Å². The van der Waals surface area contributed by atoms with Crippen LogP contribution >= 0.6 is 0 Å². The molecule has 0 atom stereocenters. The second kappa shape index (κ2) is 13.7. The summed E-state index contributed by atoms with van der Waals surface area (Å²) in [6, 6.07) is 37.0. The predicted molar refractivity (Wildman–Crippen MR) is 206 cm³/mol. The molecule has 1 aromatic heterocycles. The van der Waals surface area contributed by atoms with Gasteiger partial charge in [0, 0.05) is 21.9 Å². The molecule has 246 valence electrons. The first-order valence-electron chi connectivity index (χ1n) is 18.4. The van der Waals surface area contributed by atoms with E-state index < -0.39 is 0 Å². The summed E-state index contributed by atoms with van der Waals surface area (Å²) in [6.07, 6.45) is 12.9. The van der Waals surface area contributed by atoms with E-state index >= 15 is 0 Å². The Kier molecular flexibility index (Phi) is 9.19. The summed E-state index contributed by atoms with van der Waals surface area (Å²) in [7, 11) is 1.72. The maximum atomic E-state index is 5.47. The van der Waals surface area contributed by atoms with Crippen molar-refractivity contribution in [1.82, 2.24) is 4.57 Å². The van der Waals surface area contributed by atoms with Gasteiger partial charge in [-0.2, -0.15) is 0 Å². The zero-order chi connectivity index (χ0) is 33.3. The van der Waals surface area contributed by atoms with Gasteiger partial charge in [0.1, 0.15) is 5.75 Å². The zero-order valence-corrected chi connectivity index (χ0v) is 29.7. The lowest BCUT2D eigenvalue weighted by Crippen LogP contribution is -2.25. The summed E-state index contributed by atoms with van der Waals surface area (Å²) in [5.41, 5.74) is 15.0. The minimum absolute atomic E-state index is 0.0831. The number of methoxy groups -OCH3 is 1. The van der Waals surface area contributed by atoms with Crippen molar-refractivity contribution in [1.29, 1.82) is 0 Å². The van der Waals surface area contributed by atoms with E-state index in [9.17, 15) is 0 Å². The smallest absolute Gasteiger partial charge is 0.119 e. The second-order valence-electron chi connectivity index (χ2n) is 14.3. The molecule has 1 aliphatic carbocycles. The molecule has 2 nitrogen and oxygen atoms in total. The molecule has 1 heterocycles. The molecule has 6 aromatic rings. The number of nitrogens with zero attached hydrogens (tertiary/aromatic N) is 1. The number of ether oxygens (including phenoxy) is 1. The van der Waals surface area contributed by atoms with E-state index in [0.29, 0.717) is 0 Å². The van der Waals surface area contributed by atoms with Crippen LogP contribution in [0.1, 0.15) is 100 Å². The van der Waals surface area contributed by atoms with Crippen molar-refractivity contribution in [2.45, 2.75) is 97.3 Å². The van der Waals surface area contributed by atoms with Gasteiger partial charge in [0.25, 0.3) is 0 Å². The van der Waals surface area contributed by atoms with E-state index in [0.717, 1.165) is 11.4 Å². The number of benzene rings is 5. The Balaban J connectivity index is 1.37. The second-order valence-corrected chi connectivity index (χ2v) is 14.3. The molecule has 0 N–H and O–H groups in total. The summed E-state index contributed by atoms with van der Waals surface area (Å²) in [6.45, 7) is 9.11. The van der Waals surface area contributed by atoms with Gasteiger partial charge in [0.2, 0.25) is 0 Å². The maximum Gasteiger partial charge on any atom is 0.119 e. The van der Waals surface area contributed by atoms with Gasteiger partial charge in [-0.15, -0.1) is 0 Å². The average molecular weight is 634 g/mol. The summed E-state index contributed by atoms with van der Waals surface area (Å²) in [4.78, 5) is 0. The Hall–Kier alpha value is -4.30. The summed E-state index contributed by atoms with van der Waals surface area (Å²) >= 11 is 0. The topological polar surface area (TPSA) is 14.2 Å². The van der Waals surface area contributed by atoms with Gasteiger partial charge >= 0.3 is 0 Å². The van der Waals surface area contributed by atoms with E-state index in [1.807, 2.05) is 0 Å². The van der Waals surface area contributed by atoms with Gasteiger partial charge in [-0.1, -0.05) is 119 Å². The monoisotopic (exact) mass is 633 g/mol. The molecular formula is C46H51NO. The molecule has 0 saturated carbocycles. The molecule has 5 aromatic carbocycles. The summed E-state index contributed by atoms with van der Waals surface area (Å²) < 4.78 is 7.87. The molecule has 7 rings (SSSR count). The normalized spacial score (nSPS) is 13.3. The van der Waals surface area contributed by atoms with Crippen LogP contribution in [0.4, 0.5) is 0 Å². The van der Waals surface area contributed by atoms with Crippen molar-refractivity contribution in [3.8, 4) is 33.7 Å². The average Bonchev–Trinajstić information content (AvgIpc) is 3.57. The number of aryl methyl sites for hydroxylation is 2. The predicted octanol–water partition coefficient (Wildman–Crippen LogP) is 13.3. The van der Waals surface area contributed by atoms with E-state index in [4.69, 9.17) is 4.74 Å². The van der Waals surface area contributed by atoms with Crippen molar-refractivity contribution in [2.24, 2.45) is 0 Å². The third kappa shape index (κ3) is 5.74. The fourth-order valence-corrected chi connectivity index (χ4v) is 8.49. The Morgan fingerprint density at radius 3 is 1.75 bits per heavy atom. The largest absolute Gasteiger partial charge is 0.497 e. The van der Waals surface area contributed by atoms with Crippen LogP contribution in [0.5, 0.6) is 5.75 Å². The van der Waals surface area contributed by atoms with Crippen LogP contribution in [0.2, 0.25) is 0 Å². The van der Waals surface area contributed by atoms with Crippen molar-refractivity contribution >= 4 is 21.8 Å². The lowest BCUT2D eigenvalue weighted by atomic mass is 9.70. The zero-order valence-electron chi connectivity index (χ0n) is 29.7. The van der Waals surface area contributed by atoms with Gasteiger partial charge in [-0.05, 0) is 115 Å². The molecule has 0 unspecified atom stereocenters. The fourth-order valence-electron chi connectivity index (χ4n) is 8.49. The lowest BCUT2D eigenvalue weighted by Gasteiger charge is -2.33. The molecule has 48 heavy (non-hydrogen) atoms. The highest BCUT2D eigenvalue weighted by molar-refractivity contribution is 6.10. The van der Waals surface area contributed by atoms with E-state index in [1.165, 1.54) is 119 Å². The van der Waals surface area contributed by atoms with Crippen LogP contribution in [0.15, 0.2) is 97.1 Å². The third-order valence-corrected chi connectivity index (χ3v) is 11.0. The highest BCUT2D eigenvalue weighted by Crippen LogP contribution is 2.55. The molecule has 0 aliphatic heterocycles. The lowest BCUT2D eigenvalue weighted by molar-refractivity contribution is 0.401. The number of aromatic nitrogens is 1. The highest BCUT2D eigenvalue weighted by atomic mass is 16.5. The van der Waals surface area contributed by atoms with Crippen LogP contribution in [0.3, 0.4) is 0 Å². The van der Waals surface area contributed by atoms with E-state index in [2.05, 4.69) is 129 Å². The molecule has 0 saturated heterocycles. The first-order valence-corrected chi connectivity index (χ1v) is 18.4. The number of rotatable bonds is 13. The molecule has 2 heteroatoms. The molecule has 0 amide bonds. The quantitative estimate of drug-likeness (QED) is 0.115. The first-order chi connectivity index (χ1) is 23.5. The SMILES string of the molecule is CCCCCCC1(CCCCCC)c2cc(C)ccc2-c2ccc(-c3ccc4c(c3)c3cc(C)ccc3n4-c3ccc(OC)cc3)cc21. The van der Waals surface area contributed by atoms with Crippen LogP contribution in [0.25, 0.3) is 49.7 Å². The molecular weight excluding hydrogens is 583 g/mol. The molecule has 0 radical (unpaired) electrons. The number of hydrogen-bond acceptors (Lipinski definition) is 1. The third-order valence-electron chi connectivity index (χ3n) is 11.0. The Bertz CT molecular complexity index is 2050. The highest BCUT2D eigenvalue weighted by Gasteiger charge is 2.42. The van der Waals surface area contributed by atoms with E-state index in [-0.39, 0.29) is 5.41 Å². The standard InChI is InChI=1S/C46H51NO/c1-6-8-10-12-26-46(27-13-11-9-7-2)42-29-33(4)14-22-38(42)39-23-16-35(31-43(39)46)34-17-25-45-41(30-34)40-28-32(3)15-24-44(40)47(45)36-18-20-37(48-5)21-19-36/h14-25,28-31H,6-13,26-27H2,1-5H3. The van der Waals surface area contributed by atoms with Gasteiger partial charge in [0.15, 0.2) is 0 Å². The Labute approximate surface area is 287 Å². The summed E-state index contributed by atoms with van der Waals surface area (Å²) in [5, 5.41) is 2.60. The number of fused-ring (bicyclic) bond motifs is 6. The molecule has 1 aliphatic rings. The van der Waals surface area contributed by atoms with E-state index in [1.54, 1.807) is 18.2 Å². The van der Waals surface area contributed by atoms with Gasteiger partial charge < -0.3 is 9.30 Å². The van der Waals surface area contributed by atoms with Crippen LogP contribution in [-0.2, 0) is 5.41 Å².